The summed E-state index contributed by atoms with van der Waals surface area (Å²) in [5, 5.41) is 6.40. The molecule has 1 aliphatic heterocycles. The predicted octanol–water partition coefficient (Wildman–Crippen LogP) is 3.10. The van der Waals surface area contributed by atoms with E-state index in [0.29, 0.717) is 13.1 Å². The van der Waals surface area contributed by atoms with Gasteiger partial charge in [-0.05, 0) is 42.0 Å². The van der Waals surface area contributed by atoms with Crippen molar-refractivity contribution in [3.8, 4) is 0 Å². The van der Waals surface area contributed by atoms with E-state index in [2.05, 4.69) is 20.4 Å². The zero-order valence-corrected chi connectivity index (χ0v) is 15.9. The molecule has 5 nitrogen and oxygen atoms in total. The van der Waals surface area contributed by atoms with Crippen LogP contribution in [0.1, 0.15) is 5.56 Å². The van der Waals surface area contributed by atoms with Crippen LogP contribution in [0.25, 0.3) is 0 Å². The Kier molecular flexibility index (Phi) is 6.90. The Morgan fingerprint density at radius 1 is 0.963 bits per heavy atom. The van der Waals surface area contributed by atoms with Crippen LogP contribution in [-0.4, -0.2) is 50.2 Å². The van der Waals surface area contributed by atoms with Gasteiger partial charge in [0, 0.05) is 56.5 Å². The molecule has 0 aliphatic carbocycles. The Balaban J connectivity index is 1.31. The minimum atomic E-state index is -0.278. The fraction of sp³-hybridized carbons (Fsp3) is 0.350. The van der Waals surface area contributed by atoms with Gasteiger partial charge in [0.2, 0.25) is 0 Å². The van der Waals surface area contributed by atoms with Crippen LogP contribution in [0.5, 0.6) is 0 Å². The highest BCUT2D eigenvalue weighted by Gasteiger charge is 2.16. The normalized spacial score (nSPS) is 14.8. The minimum Gasteiger partial charge on any atom is -0.369 e. The summed E-state index contributed by atoms with van der Waals surface area (Å²) in [7, 11) is 0. The van der Waals surface area contributed by atoms with Crippen molar-refractivity contribution >= 4 is 23.3 Å². The van der Waals surface area contributed by atoms with Crippen LogP contribution in [0.3, 0.4) is 0 Å². The van der Waals surface area contributed by atoms with Crippen LogP contribution in [0.4, 0.5) is 14.9 Å². The van der Waals surface area contributed by atoms with E-state index in [-0.39, 0.29) is 11.8 Å². The smallest absolute Gasteiger partial charge is 0.315 e. The third-order valence-corrected chi connectivity index (χ3v) is 4.90. The van der Waals surface area contributed by atoms with Gasteiger partial charge < -0.3 is 15.5 Å². The lowest BCUT2D eigenvalue weighted by Crippen LogP contribution is -2.49. The monoisotopic (exact) mass is 390 g/mol. The molecule has 0 aromatic heterocycles. The van der Waals surface area contributed by atoms with Gasteiger partial charge in [-0.2, -0.15) is 0 Å². The number of carbonyl (C=O) groups is 1. The lowest BCUT2D eigenvalue weighted by Gasteiger charge is -2.36. The van der Waals surface area contributed by atoms with Gasteiger partial charge >= 0.3 is 6.03 Å². The number of amides is 2. The van der Waals surface area contributed by atoms with E-state index >= 15 is 0 Å². The first-order chi connectivity index (χ1) is 13.1. The van der Waals surface area contributed by atoms with Gasteiger partial charge in [-0.15, -0.1) is 0 Å². The summed E-state index contributed by atoms with van der Waals surface area (Å²) in [6, 6.07) is 13.8. The molecule has 0 atom stereocenters. The summed E-state index contributed by atoms with van der Waals surface area (Å²) in [6.07, 6.45) is 0. The molecule has 1 saturated heterocycles. The quantitative estimate of drug-likeness (QED) is 0.796. The Morgan fingerprint density at radius 3 is 2.30 bits per heavy atom. The first-order valence-corrected chi connectivity index (χ1v) is 9.47. The number of hydrogen-bond donors (Lipinski definition) is 2. The highest BCUT2D eigenvalue weighted by atomic mass is 35.5. The number of rotatable bonds is 6. The second-order valence-corrected chi connectivity index (χ2v) is 6.98. The molecule has 0 saturated carbocycles. The number of hydrogen-bond acceptors (Lipinski definition) is 3. The van der Waals surface area contributed by atoms with Gasteiger partial charge in [-0.1, -0.05) is 23.7 Å². The summed E-state index contributed by atoms with van der Waals surface area (Å²) in [6.45, 7) is 5.63. The van der Waals surface area contributed by atoms with Gasteiger partial charge in [0.15, 0.2) is 0 Å². The number of nitrogens with zero attached hydrogens (tertiary/aromatic N) is 2. The summed E-state index contributed by atoms with van der Waals surface area (Å²) in [5.41, 5.74) is 2.06. The fourth-order valence-corrected chi connectivity index (χ4v) is 3.18. The summed E-state index contributed by atoms with van der Waals surface area (Å²) >= 11 is 5.94. The maximum atomic E-state index is 12.9. The Labute approximate surface area is 164 Å². The topological polar surface area (TPSA) is 47.6 Å². The highest BCUT2D eigenvalue weighted by molar-refractivity contribution is 6.30. The van der Waals surface area contributed by atoms with E-state index in [1.54, 1.807) is 12.1 Å². The van der Waals surface area contributed by atoms with Crippen molar-refractivity contribution < 1.29 is 9.18 Å². The zero-order chi connectivity index (χ0) is 19.1. The van der Waals surface area contributed by atoms with E-state index in [4.69, 9.17) is 11.6 Å². The predicted molar refractivity (Wildman–Crippen MR) is 107 cm³/mol. The van der Waals surface area contributed by atoms with Crippen LogP contribution in [0.2, 0.25) is 5.02 Å². The Morgan fingerprint density at radius 2 is 1.63 bits per heavy atom. The van der Waals surface area contributed by atoms with Crippen LogP contribution >= 0.6 is 11.6 Å². The fourth-order valence-electron chi connectivity index (χ4n) is 3.06. The second-order valence-electron chi connectivity index (χ2n) is 6.54. The Hall–Kier alpha value is -2.31. The molecule has 1 heterocycles. The van der Waals surface area contributed by atoms with E-state index in [1.165, 1.54) is 17.8 Å². The molecule has 2 N–H and O–H groups in total. The number of anilines is 1. The molecule has 3 rings (SSSR count). The molecule has 0 unspecified atom stereocenters. The van der Waals surface area contributed by atoms with Crippen molar-refractivity contribution in [1.82, 2.24) is 15.5 Å². The van der Waals surface area contributed by atoms with Gasteiger partial charge in [-0.25, -0.2) is 9.18 Å². The van der Waals surface area contributed by atoms with Crippen LogP contribution in [-0.2, 0) is 6.54 Å². The zero-order valence-electron chi connectivity index (χ0n) is 15.1. The van der Waals surface area contributed by atoms with Crippen molar-refractivity contribution in [3.63, 3.8) is 0 Å². The van der Waals surface area contributed by atoms with E-state index in [1.807, 2.05) is 24.3 Å². The SMILES string of the molecule is O=C(NCCN1CCN(c2ccc(Cl)cc2)CC1)NCc1ccc(F)cc1. The molecule has 144 valence electrons. The molecule has 0 spiro atoms. The largest absolute Gasteiger partial charge is 0.369 e. The molecule has 1 aliphatic rings. The molecule has 27 heavy (non-hydrogen) atoms. The number of nitrogens with one attached hydrogen (secondary N) is 2. The van der Waals surface area contributed by atoms with Crippen molar-refractivity contribution in [2.24, 2.45) is 0 Å². The van der Waals surface area contributed by atoms with Gasteiger partial charge in [-0.3, -0.25) is 4.90 Å². The van der Waals surface area contributed by atoms with Crippen molar-refractivity contribution in [1.29, 1.82) is 0 Å². The van der Waals surface area contributed by atoms with E-state index < -0.39 is 0 Å². The van der Waals surface area contributed by atoms with Gasteiger partial charge in [0.05, 0.1) is 0 Å². The first kappa shape index (κ1) is 19.5. The molecule has 1 fully saturated rings. The average Bonchev–Trinajstić information content (AvgIpc) is 2.69. The molecule has 7 heteroatoms. The number of benzene rings is 2. The lowest BCUT2D eigenvalue weighted by molar-refractivity contribution is 0.231. The van der Waals surface area contributed by atoms with E-state index in [0.717, 1.165) is 43.3 Å². The van der Waals surface area contributed by atoms with Crippen molar-refractivity contribution in [2.45, 2.75) is 6.54 Å². The summed E-state index contributed by atoms with van der Waals surface area (Å²) < 4.78 is 12.9. The molecule has 2 amide bonds. The third kappa shape index (κ3) is 6.12. The molecule has 0 radical (unpaired) electrons. The molecule has 0 bridgehead atoms. The van der Waals surface area contributed by atoms with Crippen LogP contribution < -0.4 is 15.5 Å². The molecule has 2 aromatic carbocycles. The average molecular weight is 391 g/mol. The lowest BCUT2D eigenvalue weighted by atomic mass is 10.2. The minimum absolute atomic E-state index is 0.209. The molecular weight excluding hydrogens is 367 g/mol. The molecule has 2 aromatic rings. The van der Waals surface area contributed by atoms with Crippen molar-refractivity contribution in [2.75, 3.05) is 44.2 Å². The number of urea groups is 1. The maximum absolute atomic E-state index is 12.9. The maximum Gasteiger partial charge on any atom is 0.315 e. The first-order valence-electron chi connectivity index (χ1n) is 9.09. The summed E-state index contributed by atoms with van der Waals surface area (Å²) in [4.78, 5) is 16.5. The van der Waals surface area contributed by atoms with Crippen LogP contribution in [0.15, 0.2) is 48.5 Å². The standard InChI is InChI=1S/C20H24ClFN4O/c21-17-3-7-19(8-4-17)26-13-11-25(12-14-26)10-9-23-20(27)24-15-16-1-5-18(22)6-2-16/h1-8H,9-15H2,(H2,23,24,27). The number of piperazine rings is 1. The number of halogens is 2. The number of carbonyl (C=O) groups excluding carboxylic acids is 1. The second kappa shape index (κ2) is 9.58. The summed E-state index contributed by atoms with van der Waals surface area (Å²) in [5.74, 6) is -0.278. The third-order valence-electron chi connectivity index (χ3n) is 4.64. The Bertz CT molecular complexity index is 731. The highest BCUT2D eigenvalue weighted by Crippen LogP contribution is 2.19. The molecular formula is C20H24ClFN4O. The van der Waals surface area contributed by atoms with Crippen LogP contribution in [0, 0.1) is 5.82 Å². The van der Waals surface area contributed by atoms with Gasteiger partial charge in [0.1, 0.15) is 5.82 Å². The van der Waals surface area contributed by atoms with Crippen molar-refractivity contribution in [3.05, 3.63) is 64.9 Å². The van der Waals surface area contributed by atoms with Gasteiger partial charge in [0.25, 0.3) is 0 Å². The van der Waals surface area contributed by atoms with E-state index in [9.17, 15) is 9.18 Å².